The number of carbonyl (C=O) groups excluding carboxylic acids is 1. The van der Waals surface area contributed by atoms with Crippen molar-refractivity contribution in [2.75, 3.05) is 5.32 Å². The Labute approximate surface area is 204 Å². The smallest absolute Gasteiger partial charge is 0.278 e. The van der Waals surface area contributed by atoms with E-state index in [4.69, 9.17) is 4.98 Å². The molecule has 7 nitrogen and oxygen atoms in total. The summed E-state index contributed by atoms with van der Waals surface area (Å²) in [6.07, 6.45) is 6.19. The highest BCUT2D eigenvalue weighted by Crippen LogP contribution is 2.38. The maximum absolute atomic E-state index is 13.4. The van der Waals surface area contributed by atoms with Gasteiger partial charge < -0.3 is 4.57 Å². The van der Waals surface area contributed by atoms with Crippen molar-refractivity contribution in [1.82, 2.24) is 24.3 Å². The molecule has 9 heteroatoms. The molecule has 5 aromatic rings. The summed E-state index contributed by atoms with van der Waals surface area (Å²) in [5.74, 6) is 0.170. The second-order valence-corrected chi connectivity index (χ2v) is 9.39. The molecule has 0 bridgehead atoms. The molecule has 0 unspecified atom stereocenters. The summed E-state index contributed by atoms with van der Waals surface area (Å²) in [6, 6.07) is 16.0. The fourth-order valence-electron chi connectivity index (χ4n) is 4.47. The van der Waals surface area contributed by atoms with Crippen LogP contribution in [0.15, 0.2) is 67.0 Å². The van der Waals surface area contributed by atoms with Gasteiger partial charge in [-0.3, -0.25) is 10.1 Å². The van der Waals surface area contributed by atoms with Gasteiger partial charge in [-0.2, -0.15) is 5.10 Å². The van der Waals surface area contributed by atoms with Gasteiger partial charge in [-0.25, -0.2) is 19.0 Å². The van der Waals surface area contributed by atoms with Gasteiger partial charge in [0.2, 0.25) is 0 Å². The lowest BCUT2D eigenvalue weighted by Crippen LogP contribution is -2.14. The number of benzene rings is 2. The first-order valence-corrected chi connectivity index (χ1v) is 12.1. The molecule has 0 atom stereocenters. The van der Waals surface area contributed by atoms with Crippen molar-refractivity contribution in [3.05, 3.63) is 89.8 Å². The molecule has 0 radical (unpaired) electrons. The van der Waals surface area contributed by atoms with Gasteiger partial charge in [0, 0.05) is 36.3 Å². The van der Waals surface area contributed by atoms with Gasteiger partial charge in [-0.05, 0) is 43.5 Å². The van der Waals surface area contributed by atoms with Crippen molar-refractivity contribution in [2.24, 2.45) is 7.05 Å². The molecule has 3 heterocycles. The Hall–Kier alpha value is -4.11. The minimum absolute atomic E-state index is 0.302. The van der Waals surface area contributed by atoms with Crippen LogP contribution in [0.2, 0.25) is 0 Å². The highest BCUT2D eigenvalue weighted by atomic mass is 32.1. The molecule has 0 saturated carbocycles. The summed E-state index contributed by atoms with van der Waals surface area (Å²) >= 11 is 1.38. The molecular weight excluding hydrogens is 463 g/mol. The number of nitrogens with one attached hydrogen (secondary N) is 1. The van der Waals surface area contributed by atoms with Gasteiger partial charge >= 0.3 is 0 Å². The first-order chi connectivity index (χ1) is 17.1. The van der Waals surface area contributed by atoms with E-state index in [0.29, 0.717) is 10.8 Å². The molecule has 0 fully saturated rings. The van der Waals surface area contributed by atoms with Crippen LogP contribution in [0.25, 0.3) is 27.6 Å². The van der Waals surface area contributed by atoms with E-state index < -0.39 is 0 Å². The zero-order valence-electron chi connectivity index (χ0n) is 18.9. The normalized spacial score (nSPS) is 12.6. The fourth-order valence-corrected chi connectivity index (χ4v) is 5.50. The van der Waals surface area contributed by atoms with Crippen LogP contribution < -0.4 is 5.32 Å². The summed E-state index contributed by atoms with van der Waals surface area (Å²) in [6.45, 7) is 0. The van der Waals surface area contributed by atoms with Crippen LogP contribution in [0.4, 0.5) is 9.52 Å². The zero-order chi connectivity index (χ0) is 23.9. The topological polar surface area (TPSA) is 77.6 Å². The number of anilines is 1. The van der Waals surface area contributed by atoms with Gasteiger partial charge in [0.25, 0.3) is 5.91 Å². The number of amides is 1. The molecule has 1 N–H and O–H groups in total. The molecule has 0 spiro atoms. The number of aromatic nitrogens is 5. The maximum atomic E-state index is 13.4. The number of fused-ring (bicyclic) bond motifs is 1. The third-order valence-corrected chi connectivity index (χ3v) is 7.10. The molecule has 0 saturated heterocycles. The van der Waals surface area contributed by atoms with E-state index in [-0.39, 0.29) is 11.7 Å². The number of halogens is 1. The number of imidazole rings is 1. The van der Waals surface area contributed by atoms with Gasteiger partial charge in [-0.15, -0.1) is 0 Å². The van der Waals surface area contributed by atoms with E-state index in [1.807, 2.05) is 48.1 Å². The molecular formula is C26H21FN6OS. The van der Waals surface area contributed by atoms with Crippen molar-refractivity contribution >= 4 is 22.4 Å². The average Bonchev–Trinajstić information content (AvgIpc) is 3.64. The maximum Gasteiger partial charge on any atom is 0.278 e. The van der Waals surface area contributed by atoms with E-state index in [1.165, 1.54) is 23.5 Å². The Kier molecular flexibility index (Phi) is 5.26. The highest BCUT2D eigenvalue weighted by Gasteiger charge is 2.28. The van der Waals surface area contributed by atoms with Crippen LogP contribution in [-0.4, -0.2) is 30.2 Å². The van der Waals surface area contributed by atoms with Crippen molar-refractivity contribution in [2.45, 2.75) is 19.3 Å². The number of hydrogen-bond acceptors (Lipinski definition) is 5. The number of hydrogen-bond donors (Lipinski definition) is 1. The summed E-state index contributed by atoms with van der Waals surface area (Å²) in [5.41, 5.74) is 4.78. The predicted octanol–water partition coefficient (Wildman–Crippen LogP) is 5.28. The predicted molar refractivity (Wildman–Crippen MR) is 133 cm³/mol. The number of aryl methyl sites for hydroxylation is 1. The van der Waals surface area contributed by atoms with Crippen LogP contribution in [0.3, 0.4) is 0 Å². The number of carbonyl (C=O) groups is 1. The van der Waals surface area contributed by atoms with Gasteiger partial charge in [0.05, 0.1) is 16.3 Å². The Bertz CT molecular complexity index is 1530. The minimum atomic E-state index is -0.308. The van der Waals surface area contributed by atoms with Crippen molar-refractivity contribution in [3.8, 4) is 27.6 Å². The average molecular weight is 485 g/mol. The summed E-state index contributed by atoms with van der Waals surface area (Å²) < 4.78 is 17.1. The van der Waals surface area contributed by atoms with Crippen molar-refractivity contribution in [1.29, 1.82) is 0 Å². The molecule has 35 heavy (non-hydrogen) atoms. The summed E-state index contributed by atoms with van der Waals surface area (Å²) in [7, 11) is 1.93. The second-order valence-electron chi connectivity index (χ2n) is 8.39. The van der Waals surface area contributed by atoms with Crippen LogP contribution in [0.5, 0.6) is 0 Å². The quantitative estimate of drug-likeness (QED) is 0.368. The number of rotatable bonds is 5. The van der Waals surface area contributed by atoms with E-state index in [9.17, 15) is 9.18 Å². The fraction of sp³-hybridized carbons (Fsp3) is 0.154. The third kappa shape index (κ3) is 3.83. The van der Waals surface area contributed by atoms with E-state index in [2.05, 4.69) is 15.4 Å². The highest BCUT2D eigenvalue weighted by molar-refractivity contribution is 7.19. The van der Waals surface area contributed by atoms with Crippen molar-refractivity contribution in [3.63, 3.8) is 0 Å². The molecule has 2 aromatic carbocycles. The first-order valence-electron chi connectivity index (χ1n) is 11.3. The molecule has 3 aromatic heterocycles. The van der Waals surface area contributed by atoms with Crippen LogP contribution in [0.1, 0.15) is 28.2 Å². The summed E-state index contributed by atoms with van der Waals surface area (Å²) in [4.78, 5) is 23.5. The largest absolute Gasteiger partial charge is 0.333 e. The standard InChI is InChI=1S/C26H21FN6OS/c1-32-15-14-28-24(32)23-21(16-6-3-2-4-7-16)29-26(35-23)30-25(34)22-19-8-5-9-20(19)33(31-22)18-12-10-17(27)11-13-18/h2-4,6-7,10-15H,5,8-9H2,1H3,(H,29,30,34). The Morgan fingerprint density at radius 3 is 2.63 bits per heavy atom. The molecule has 0 aliphatic heterocycles. The number of thiazole rings is 1. The van der Waals surface area contributed by atoms with Gasteiger partial charge in [0.1, 0.15) is 5.82 Å². The lowest BCUT2D eigenvalue weighted by molar-refractivity contribution is 0.102. The third-order valence-electron chi connectivity index (χ3n) is 6.14. The first kappa shape index (κ1) is 21.4. The Morgan fingerprint density at radius 2 is 1.89 bits per heavy atom. The van der Waals surface area contributed by atoms with Crippen molar-refractivity contribution < 1.29 is 9.18 Å². The molecule has 1 aliphatic rings. The van der Waals surface area contributed by atoms with E-state index in [0.717, 1.165) is 58.2 Å². The van der Waals surface area contributed by atoms with Gasteiger partial charge in [0.15, 0.2) is 16.6 Å². The molecule has 1 amide bonds. The van der Waals surface area contributed by atoms with Crippen LogP contribution >= 0.6 is 11.3 Å². The zero-order valence-corrected chi connectivity index (χ0v) is 19.7. The Morgan fingerprint density at radius 1 is 1.09 bits per heavy atom. The van der Waals surface area contributed by atoms with Crippen LogP contribution in [-0.2, 0) is 19.9 Å². The second kappa shape index (κ2) is 8.59. The minimum Gasteiger partial charge on any atom is -0.333 e. The lowest BCUT2D eigenvalue weighted by atomic mass is 10.1. The van der Waals surface area contributed by atoms with Crippen LogP contribution in [0, 0.1) is 5.82 Å². The Balaban J connectivity index is 1.37. The SMILES string of the molecule is Cn1ccnc1-c1sc(NC(=O)c2nn(-c3ccc(F)cc3)c3c2CCC3)nc1-c1ccccc1. The molecule has 174 valence electrons. The van der Waals surface area contributed by atoms with Gasteiger partial charge in [-0.1, -0.05) is 41.7 Å². The monoisotopic (exact) mass is 484 g/mol. The lowest BCUT2D eigenvalue weighted by Gasteiger charge is -2.05. The summed E-state index contributed by atoms with van der Waals surface area (Å²) in [5, 5.41) is 8.07. The number of nitrogens with zero attached hydrogens (tertiary/aromatic N) is 5. The molecule has 6 rings (SSSR count). The molecule has 1 aliphatic carbocycles. The van der Waals surface area contributed by atoms with E-state index in [1.54, 1.807) is 23.0 Å². The van der Waals surface area contributed by atoms with E-state index >= 15 is 0 Å².